The summed E-state index contributed by atoms with van der Waals surface area (Å²) < 4.78 is 0. The summed E-state index contributed by atoms with van der Waals surface area (Å²) in [6, 6.07) is 11.8. The molecule has 2 aromatic rings. The van der Waals surface area contributed by atoms with Crippen LogP contribution in [-0.4, -0.2) is 30.0 Å². The normalized spacial score (nSPS) is 18.9. The smallest absolute Gasteiger partial charge is 0.257 e. The van der Waals surface area contributed by atoms with Crippen LogP contribution in [0.15, 0.2) is 42.6 Å². The molecule has 2 aliphatic heterocycles. The van der Waals surface area contributed by atoms with Gasteiger partial charge in [0.2, 0.25) is 0 Å². The largest absolute Gasteiger partial charge is 0.319 e. The second-order valence-corrected chi connectivity index (χ2v) is 6.99. The van der Waals surface area contributed by atoms with Gasteiger partial charge in [0.15, 0.2) is 5.82 Å². The lowest BCUT2D eigenvalue weighted by Gasteiger charge is -2.22. The van der Waals surface area contributed by atoms with Gasteiger partial charge in [-0.15, -0.1) is 0 Å². The Morgan fingerprint density at radius 1 is 1.11 bits per heavy atom. The molecule has 0 aliphatic carbocycles. The van der Waals surface area contributed by atoms with Crippen LogP contribution in [0.2, 0.25) is 0 Å². The van der Waals surface area contributed by atoms with Crippen molar-refractivity contribution in [3.63, 3.8) is 0 Å². The quantitative estimate of drug-likeness (QED) is 0.802. The van der Waals surface area contributed by atoms with Gasteiger partial charge in [-0.05, 0) is 43.7 Å². The fourth-order valence-corrected chi connectivity index (χ4v) is 3.68. The van der Waals surface area contributed by atoms with Crippen molar-refractivity contribution in [3.05, 3.63) is 48.2 Å². The maximum Gasteiger partial charge on any atom is 0.257 e. The van der Waals surface area contributed by atoms with Gasteiger partial charge in [-0.2, -0.15) is 0 Å². The Labute approximate surface area is 160 Å². The van der Waals surface area contributed by atoms with Crippen LogP contribution in [0, 0.1) is 11.8 Å². The summed E-state index contributed by atoms with van der Waals surface area (Å²) in [7, 11) is 0. The molecule has 2 aliphatic rings. The lowest BCUT2D eigenvalue weighted by Crippen LogP contribution is -2.27. The number of amides is 1. The first-order valence-corrected chi connectivity index (χ1v) is 9.65. The second kappa shape index (κ2) is 8.24. The monoisotopic (exact) mass is 360 g/mol. The highest BCUT2D eigenvalue weighted by Gasteiger charge is 2.25. The van der Waals surface area contributed by atoms with Crippen molar-refractivity contribution in [2.75, 3.05) is 23.3 Å². The molecule has 4 rings (SSSR count). The molecule has 3 heterocycles. The van der Waals surface area contributed by atoms with Gasteiger partial charge in [0.05, 0.1) is 23.5 Å². The van der Waals surface area contributed by atoms with E-state index in [4.69, 9.17) is 0 Å². The van der Waals surface area contributed by atoms with Crippen molar-refractivity contribution in [1.29, 1.82) is 0 Å². The highest BCUT2D eigenvalue weighted by molar-refractivity contribution is 6.12. The Hall–Kier alpha value is -2.84. The number of nitrogens with one attached hydrogen (secondary N) is 2. The Balaban J connectivity index is 1.57. The van der Waals surface area contributed by atoms with Crippen LogP contribution in [0.1, 0.15) is 42.5 Å². The van der Waals surface area contributed by atoms with Gasteiger partial charge in [-0.3, -0.25) is 4.79 Å². The minimum Gasteiger partial charge on any atom is -0.319 e. The van der Waals surface area contributed by atoms with Gasteiger partial charge in [-0.25, -0.2) is 4.98 Å². The van der Waals surface area contributed by atoms with Gasteiger partial charge >= 0.3 is 0 Å². The third-order valence-electron chi connectivity index (χ3n) is 5.10. The zero-order valence-electron chi connectivity index (χ0n) is 15.4. The highest BCUT2D eigenvalue weighted by Crippen LogP contribution is 2.35. The maximum absolute atomic E-state index is 12.6. The minimum atomic E-state index is -0.113. The SMILES string of the molecule is O=C1Nc2cccnc2N(CC#CCC2CCCCCN2)c2ccccc21. The summed E-state index contributed by atoms with van der Waals surface area (Å²) in [5, 5.41) is 6.54. The Kier molecular flexibility index (Phi) is 5.36. The van der Waals surface area contributed by atoms with Crippen LogP contribution in [0.25, 0.3) is 0 Å². The fourth-order valence-electron chi connectivity index (χ4n) is 3.68. The number of carbonyl (C=O) groups excluding carboxylic acids is 1. The summed E-state index contributed by atoms with van der Waals surface area (Å²) in [6.45, 7) is 1.60. The number of aromatic nitrogens is 1. The molecule has 0 radical (unpaired) electrons. The molecule has 1 aromatic heterocycles. The van der Waals surface area contributed by atoms with E-state index in [9.17, 15) is 4.79 Å². The first kappa shape index (κ1) is 17.6. The number of para-hydroxylation sites is 1. The number of fused-ring (bicyclic) bond motifs is 2. The minimum absolute atomic E-state index is 0.113. The predicted octanol–water partition coefficient (Wildman–Crippen LogP) is 3.71. The van der Waals surface area contributed by atoms with E-state index in [-0.39, 0.29) is 5.91 Å². The third-order valence-corrected chi connectivity index (χ3v) is 5.10. The number of hydrogen-bond acceptors (Lipinski definition) is 4. The zero-order chi connectivity index (χ0) is 18.5. The number of carbonyl (C=O) groups is 1. The second-order valence-electron chi connectivity index (χ2n) is 6.99. The van der Waals surface area contributed by atoms with Crippen LogP contribution >= 0.6 is 0 Å². The molecular weight excluding hydrogens is 336 g/mol. The fraction of sp³-hybridized carbons (Fsp3) is 0.364. The average molecular weight is 360 g/mol. The number of hydrogen-bond donors (Lipinski definition) is 2. The molecule has 1 saturated heterocycles. The predicted molar refractivity (Wildman–Crippen MR) is 108 cm³/mol. The molecule has 138 valence electrons. The first-order valence-electron chi connectivity index (χ1n) is 9.65. The molecule has 27 heavy (non-hydrogen) atoms. The van der Waals surface area contributed by atoms with E-state index in [1.807, 2.05) is 41.3 Å². The molecule has 1 atom stereocenters. The van der Waals surface area contributed by atoms with Gasteiger partial charge in [0.25, 0.3) is 5.91 Å². The van der Waals surface area contributed by atoms with E-state index >= 15 is 0 Å². The average Bonchev–Trinajstić information content (AvgIpc) is 3.03. The lowest BCUT2D eigenvalue weighted by molar-refractivity contribution is 0.102. The van der Waals surface area contributed by atoms with E-state index in [0.717, 1.165) is 24.5 Å². The van der Waals surface area contributed by atoms with Gasteiger partial charge in [-0.1, -0.05) is 36.8 Å². The molecule has 1 unspecified atom stereocenters. The van der Waals surface area contributed by atoms with E-state index in [0.29, 0.717) is 23.8 Å². The van der Waals surface area contributed by atoms with Crippen molar-refractivity contribution in [2.24, 2.45) is 0 Å². The number of anilines is 3. The van der Waals surface area contributed by atoms with Gasteiger partial charge in [0, 0.05) is 18.7 Å². The molecule has 0 bridgehead atoms. The number of rotatable bonds is 2. The molecule has 1 fully saturated rings. The van der Waals surface area contributed by atoms with E-state index < -0.39 is 0 Å². The van der Waals surface area contributed by atoms with Crippen LogP contribution in [0.5, 0.6) is 0 Å². The van der Waals surface area contributed by atoms with Crippen molar-refractivity contribution < 1.29 is 4.79 Å². The number of pyridine rings is 1. The third kappa shape index (κ3) is 3.96. The molecule has 0 spiro atoms. The van der Waals surface area contributed by atoms with Crippen LogP contribution < -0.4 is 15.5 Å². The topological polar surface area (TPSA) is 57.3 Å². The molecule has 1 aromatic carbocycles. The van der Waals surface area contributed by atoms with Gasteiger partial charge in [0.1, 0.15) is 0 Å². The van der Waals surface area contributed by atoms with E-state index in [1.54, 1.807) is 6.20 Å². The Bertz CT molecular complexity index is 875. The molecule has 2 N–H and O–H groups in total. The molecule has 5 heteroatoms. The van der Waals surface area contributed by atoms with Gasteiger partial charge < -0.3 is 15.5 Å². The molecule has 5 nitrogen and oxygen atoms in total. The summed E-state index contributed by atoms with van der Waals surface area (Å²) in [6.07, 6.45) is 7.66. The van der Waals surface area contributed by atoms with Crippen molar-refractivity contribution in [3.8, 4) is 11.8 Å². The van der Waals surface area contributed by atoms with Crippen LogP contribution in [0.4, 0.5) is 17.2 Å². The lowest BCUT2D eigenvalue weighted by atomic mass is 10.1. The van der Waals surface area contributed by atoms with Crippen molar-refractivity contribution in [1.82, 2.24) is 10.3 Å². The molecule has 0 saturated carbocycles. The summed E-state index contributed by atoms with van der Waals surface area (Å²) in [5.74, 6) is 7.26. The summed E-state index contributed by atoms with van der Waals surface area (Å²) in [5.41, 5.74) is 2.20. The molecule has 1 amide bonds. The van der Waals surface area contributed by atoms with Crippen molar-refractivity contribution in [2.45, 2.75) is 38.1 Å². The zero-order valence-corrected chi connectivity index (χ0v) is 15.4. The van der Waals surface area contributed by atoms with Crippen molar-refractivity contribution >= 4 is 23.1 Å². The first-order chi connectivity index (χ1) is 13.3. The van der Waals surface area contributed by atoms with E-state index in [2.05, 4.69) is 27.5 Å². The Morgan fingerprint density at radius 3 is 3.00 bits per heavy atom. The highest BCUT2D eigenvalue weighted by atomic mass is 16.1. The summed E-state index contributed by atoms with van der Waals surface area (Å²) >= 11 is 0. The summed E-state index contributed by atoms with van der Waals surface area (Å²) in [4.78, 5) is 19.1. The maximum atomic E-state index is 12.6. The molecular formula is C22H24N4O. The van der Waals surface area contributed by atoms with Crippen LogP contribution in [0.3, 0.4) is 0 Å². The van der Waals surface area contributed by atoms with E-state index in [1.165, 1.54) is 25.7 Å². The number of benzene rings is 1. The van der Waals surface area contributed by atoms with Crippen LogP contribution in [-0.2, 0) is 0 Å². The Morgan fingerprint density at radius 2 is 2.04 bits per heavy atom. The standard InChI is InChI=1S/C22H24N4O/c27-22-18-11-3-4-13-20(18)26(21-19(25-22)12-8-15-24-21)16-7-5-10-17-9-2-1-6-14-23-17/h3-4,8,11-13,15,17,23H,1-2,6,9-10,14,16H2,(H,25,27). The number of nitrogens with zero attached hydrogens (tertiary/aromatic N) is 2.